The van der Waals surface area contributed by atoms with E-state index >= 15 is 0 Å². The van der Waals surface area contributed by atoms with Gasteiger partial charge in [-0.05, 0) is 48.2 Å². The molecule has 0 radical (unpaired) electrons. The van der Waals surface area contributed by atoms with Crippen molar-refractivity contribution in [3.8, 4) is 11.5 Å². The molecule has 172 valence electrons. The minimum Gasteiger partial charge on any atom is -0.494 e. The summed E-state index contributed by atoms with van der Waals surface area (Å²) in [7, 11) is 0. The highest BCUT2D eigenvalue weighted by Crippen LogP contribution is 2.15. The second-order valence-electron chi connectivity index (χ2n) is 8.19. The number of unbranched alkanes of at least 4 members (excludes halogenated alkanes) is 10. The van der Waals surface area contributed by atoms with Gasteiger partial charge in [0.2, 0.25) is 0 Å². The van der Waals surface area contributed by atoms with Crippen molar-refractivity contribution < 1.29 is 19.7 Å². The molecule has 0 heterocycles. The van der Waals surface area contributed by atoms with Gasteiger partial charge in [-0.3, -0.25) is 0 Å². The molecule has 2 aromatic rings. The zero-order chi connectivity index (χ0) is 22.0. The van der Waals surface area contributed by atoms with Crippen LogP contribution in [0.1, 0.15) is 81.8 Å². The Kier molecular flexibility index (Phi) is 13.5. The third-order valence-corrected chi connectivity index (χ3v) is 5.54. The molecule has 0 aliphatic heterocycles. The molecule has 0 saturated carbocycles. The number of ether oxygens (including phenoxy) is 2. The summed E-state index contributed by atoms with van der Waals surface area (Å²) in [4.78, 5) is 0. The van der Waals surface area contributed by atoms with Gasteiger partial charge in [0.25, 0.3) is 0 Å². The number of hydrogen-bond acceptors (Lipinski definition) is 4. The first-order chi connectivity index (χ1) is 15.3. The lowest BCUT2D eigenvalue weighted by Crippen LogP contribution is -1.97. The Labute approximate surface area is 188 Å². The highest BCUT2D eigenvalue weighted by molar-refractivity contribution is 5.27. The van der Waals surface area contributed by atoms with Gasteiger partial charge in [-0.15, -0.1) is 0 Å². The summed E-state index contributed by atoms with van der Waals surface area (Å²) < 4.78 is 11.5. The molecule has 0 unspecified atom stereocenters. The van der Waals surface area contributed by atoms with E-state index in [1.807, 2.05) is 48.5 Å². The molecule has 0 spiro atoms. The van der Waals surface area contributed by atoms with Crippen LogP contribution in [-0.4, -0.2) is 23.4 Å². The van der Waals surface area contributed by atoms with E-state index in [1.165, 1.54) is 57.8 Å². The van der Waals surface area contributed by atoms with E-state index in [-0.39, 0.29) is 13.2 Å². The van der Waals surface area contributed by atoms with E-state index in [2.05, 4.69) is 0 Å². The summed E-state index contributed by atoms with van der Waals surface area (Å²) in [6.45, 7) is 1.71. The predicted molar refractivity (Wildman–Crippen MR) is 127 cm³/mol. The second-order valence-corrected chi connectivity index (χ2v) is 8.19. The van der Waals surface area contributed by atoms with E-state index in [0.717, 1.165) is 48.7 Å². The Bertz CT molecular complexity index is 607. The maximum absolute atomic E-state index is 9.03. The molecule has 0 amide bonds. The van der Waals surface area contributed by atoms with Gasteiger partial charge in [-0.2, -0.15) is 0 Å². The molecule has 4 nitrogen and oxygen atoms in total. The molecule has 0 aliphatic carbocycles. The largest absolute Gasteiger partial charge is 0.494 e. The molecule has 0 aliphatic rings. The number of aliphatic hydroxyl groups is 2. The lowest BCUT2D eigenvalue weighted by Gasteiger charge is -2.07. The number of benzene rings is 2. The van der Waals surface area contributed by atoms with E-state index < -0.39 is 0 Å². The van der Waals surface area contributed by atoms with Crippen molar-refractivity contribution in [2.75, 3.05) is 13.2 Å². The van der Waals surface area contributed by atoms with Gasteiger partial charge in [0, 0.05) is 0 Å². The second kappa shape index (κ2) is 16.6. The molecule has 0 aromatic heterocycles. The van der Waals surface area contributed by atoms with Crippen LogP contribution in [0.15, 0.2) is 48.5 Å². The topological polar surface area (TPSA) is 58.9 Å². The van der Waals surface area contributed by atoms with Crippen LogP contribution in [0.3, 0.4) is 0 Å². The first-order valence-corrected chi connectivity index (χ1v) is 12.0. The standard InChI is InChI=1S/C27H40O4/c28-22-24-12-16-26(17-13-24)30-20-10-8-6-4-2-1-3-5-7-9-11-21-31-27-18-14-25(23-29)15-19-27/h12-19,28-29H,1-11,20-23H2. The van der Waals surface area contributed by atoms with E-state index in [4.69, 9.17) is 19.7 Å². The Morgan fingerprint density at radius 3 is 1.00 bits per heavy atom. The van der Waals surface area contributed by atoms with Crippen LogP contribution in [0.25, 0.3) is 0 Å². The Morgan fingerprint density at radius 1 is 0.419 bits per heavy atom. The quantitative estimate of drug-likeness (QED) is 0.269. The lowest BCUT2D eigenvalue weighted by molar-refractivity contribution is 0.280. The molecule has 0 bridgehead atoms. The first kappa shape index (κ1) is 25.2. The number of aliphatic hydroxyl groups excluding tert-OH is 2. The summed E-state index contributed by atoms with van der Waals surface area (Å²) in [5.41, 5.74) is 1.84. The molecule has 31 heavy (non-hydrogen) atoms. The van der Waals surface area contributed by atoms with Gasteiger partial charge >= 0.3 is 0 Å². The van der Waals surface area contributed by atoms with Crippen molar-refractivity contribution in [1.29, 1.82) is 0 Å². The molecule has 2 aromatic carbocycles. The maximum Gasteiger partial charge on any atom is 0.119 e. The zero-order valence-corrected chi connectivity index (χ0v) is 18.9. The minimum absolute atomic E-state index is 0.0812. The van der Waals surface area contributed by atoms with Crippen LogP contribution in [-0.2, 0) is 13.2 Å². The molecule has 2 rings (SSSR count). The number of rotatable bonds is 18. The van der Waals surface area contributed by atoms with Gasteiger partial charge in [0.1, 0.15) is 11.5 Å². The first-order valence-electron chi connectivity index (χ1n) is 12.0. The van der Waals surface area contributed by atoms with Gasteiger partial charge in [-0.1, -0.05) is 82.1 Å². The van der Waals surface area contributed by atoms with E-state index in [1.54, 1.807) is 0 Å². The smallest absolute Gasteiger partial charge is 0.119 e. The fourth-order valence-electron chi connectivity index (χ4n) is 3.56. The summed E-state index contributed by atoms with van der Waals surface area (Å²) in [6, 6.07) is 15.3. The Hall–Kier alpha value is -2.04. The average Bonchev–Trinajstić information content (AvgIpc) is 2.82. The van der Waals surface area contributed by atoms with Crippen molar-refractivity contribution in [2.24, 2.45) is 0 Å². The molecular formula is C27H40O4. The van der Waals surface area contributed by atoms with Gasteiger partial charge in [0.15, 0.2) is 0 Å². The number of hydrogen-bond donors (Lipinski definition) is 2. The molecule has 0 atom stereocenters. The zero-order valence-electron chi connectivity index (χ0n) is 18.9. The van der Waals surface area contributed by atoms with Crippen LogP contribution < -0.4 is 9.47 Å². The summed E-state index contributed by atoms with van der Waals surface area (Å²) in [6.07, 6.45) is 14.0. The fraction of sp³-hybridized carbons (Fsp3) is 0.556. The van der Waals surface area contributed by atoms with Crippen molar-refractivity contribution in [1.82, 2.24) is 0 Å². The van der Waals surface area contributed by atoms with Gasteiger partial charge < -0.3 is 19.7 Å². The summed E-state index contributed by atoms with van der Waals surface area (Å²) in [5.74, 6) is 1.78. The van der Waals surface area contributed by atoms with Crippen molar-refractivity contribution in [3.63, 3.8) is 0 Å². The third-order valence-electron chi connectivity index (χ3n) is 5.54. The Morgan fingerprint density at radius 2 is 0.710 bits per heavy atom. The molecule has 0 saturated heterocycles. The minimum atomic E-state index is 0.0812. The molecule has 2 N–H and O–H groups in total. The van der Waals surface area contributed by atoms with Crippen LogP contribution in [0.5, 0.6) is 11.5 Å². The summed E-state index contributed by atoms with van der Waals surface area (Å²) >= 11 is 0. The Balaban J connectivity index is 1.30. The van der Waals surface area contributed by atoms with E-state index in [9.17, 15) is 0 Å². The van der Waals surface area contributed by atoms with Crippen molar-refractivity contribution >= 4 is 0 Å². The fourth-order valence-corrected chi connectivity index (χ4v) is 3.56. The monoisotopic (exact) mass is 428 g/mol. The van der Waals surface area contributed by atoms with Gasteiger partial charge in [0.05, 0.1) is 26.4 Å². The van der Waals surface area contributed by atoms with Crippen molar-refractivity contribution in [3.05, 3.63) is 59.7 Å². The van der Waals surface area contributed by atoms with Crippen molar-refractivity contribution in [2.45, 2.75) is 83.8 Å². The van der Waals surface area contributed by atoms with Gasteiger partial charge in [-0.25, -0.2) is 0 Å². The summed E-state index contributed by atoms with van der Waals surface area (Å²) in [5, 5.41) is 18.1. The lowest BCUT2D eigenvalue weighted by atomic mass is 10.1. The normalized spacial score (nSPS) is 10.9. The van der Waals surface area contributed by atoms with Crippen LogP contribution in [0.2, 0.25) is 0 Å². The maximum atomic E-state index is 9.03. The predicted octanol–water partition coefficient (Wildman–Crippen LogP) is 6.42. The highest BCUT2D eigenvalue weighted by atomic mass is 16.5. The average molecular weight is 429 g/mol. The molecule has 4 heteroatoms. The SMILES string of the molecule is OCc1ccc(OCCCCCCCCCCCCCOc2ccc(CO)cc2)cc1. The molecule has 0 fully saturated rings. The third kappa shape index (κ3) is 11.8. The van der Waals surface area contributed by atoms with E-state index in [0.29, 0.717) is 0 Å². The van der Waals surface area contributed by atoms with Crippen LogP contribution >= 0.6 is 0 Å². The van der Waals surface area contributed by atoms with Crippen LogP contribution in [0.4, 0.5) is 0 Å². The molecular weight excluding hydrogens is 388 g/mol. The van der Waals surface area contributed by atoms with Crippen LogP contribution in [0, 0.1) is 0 Å². The highest BCUT2D eigenvalue weighted by Gasteiger charge is 1.98.